The molecular formula is C17H14N4O3S2. The minimum atomic E-state index is -1.19. The molecule has 26 heavy (non-hydrogen) atoms. The predicted octanol–water partition coefficient (Wildman–Crippen LogP) is 1.84. The monoisotopic (exact) mass is 386 g/mol. The molecule has 0 aliphatic carbocycles. The number of hydrazone groups is 1. The largest absolute Gasteiger partial charge is 0.301 e. The molecule has 1 aromatic heterocycles. The molecule has 2 aromatic rings. The Hall–Kier alpha value is -2.91. The molecule has 7 nitrogen and oxygen atoms in total. The number of thiocarbonyl (C=S) groups is 1. The lowest BCUT2D eigenvalue weighted by Gasteiger charge is -2.30. The van der Waals surface area contributed by atoms with Crippen LogP contribution in [-0.2, 0) is 9.59 Å². The fraction of sp³-hybridized carbons (Fsp3) is 0.118. The van der Waals surface area contributed by atoms with Gasteiger partial charge in [0.15, 0.2) is 11.0 Å². The van der Waals surface area contributed by atoms with Crippen molar-refractivity contribution in [2.75, 3.05) is 4.90 Å². The molecule has 1 fully saturated rings. The van der Waals surface area contributed by atoms with Crippen molar-refractivity contribution in [2.24, 2.45) is 11.0 Å². The number of hydrogen-bond donors (Lipinski definition) is 2. The molecule has 1 aliphatic heterocycles. The number of carbonyl (C=O) groups excluding carboxylic acids is 3. The number of anilines is 1. The standard InChI is InChI=1S/C17H14N4O3S2/c1-10-4-6-11(7-5-10)21-16(24)12(14(22)19-17(21)25)9-18-20-15(23)13-3-2-8-26-13/h2-9,12H,1H3,(H,20,23)(H,19,22,25)/b18-9-/t12-/m0/s1. The summed E-state index contributed by atoms with van der Waals surface area (Å²) in [6.45, 7) is 1.92. The van der Waals surface area contributed by atoms with Gasteiger partial charge in [-0.3, -0.25) is 19.3 Å². The van der Waals surface area contributed by atoms with E-state index >= 15 is 0 Å². The van der Waals surface area contributed by atoms with Crippen molar-refractivity contribution in [1.29, 1.82) is 0 Å². The van der Waals surface area contributed by atoms with Crippen LogP contribution in [0.4, 0.5) is 5.69 Å². The Morgan fingerprint density at radius 1 is 1.31 bits per heavy atom. The third-order valence-electron chi connectivity index (χ3n) is 3.63. The van der Waals surface area contributed by atoms with Gasteiger partial charge in [-0.15, -0.1) is 11.3 Å². The molecule has 3 amide bonds. The van der Waals surface area contributed by atoms with Gasteiger partial charge in [0, 0.05) is 6.21 Å². The summed E-state index contributed by atoms with van der Waals surface area (Å²) in [6, 6.07) is 10.5. The van der Waals surface area contributed by atoms with Gasteiger partial charge >= 0.3 is 0 Å². The molecule has 1 aliphatic rings. The molecule has 9 heteroatoms. The van der Waals surface area contributed by atoms with Gasteiger partial charge in [-0.05, 0) is 42.7 Å². The summed E-state index contributed by atoms with van der Waals surface area (Å²) in [4.78, 5) is 38.4. The third kappa shape index (κ3) is 3.68. The average Bonchev–Trinajstić information content (AvgIpc) is 3.14. The molecule has 0 saturated carbocycles. The first-order valence-electron chi connectivity index (χ1n) is 7.60. The molecule has 0 spiro atoms. The SMILES string of the molecule is Cc1ccc(N2C(=O)[C@@H](/C=N\NC(=O)c3cccs3)C(=O)NC2=S)cc1. The quantitative estimate of drug-likeness (QED) is 0.363. The van der Waals surface area contributed by atoms with Gasteiger partial charge in [0.25, 0.3) is 11.8 Å². The summed E-state index contributed by atoms with van der Waals surface area (Å²) in [6.07, 6.45) is 1.10. The fourth-order valence-electron chi connectivity index (χ4n) is 2.29. The molecule has 1 aromatic carbocycles. The van der Waals surface area contributed by atoms with Crippen LogP contribution in [0.25, 0.3) is 0 Å². The summed E-state index contributed by atoms with van der Waals surface area (Å²) in [5, 5.41) is 8.01. The van der Waals surface area contributed by atoms with Gasteiger partial charge in [0.05, 0.1) is 10.6 Å². The molecule has 132 valence electrons. The normalized spacial score (nSPS) is 17.5. The van der Waals surface area contributed by atoms with Gasteiger partial charge in [-0.2, -0.15) is 5.10 Å². The second-order valence-corrected chi connectivity index (χ2v) is 6.81. The maximum Gasteiger partial charge on any atom is 0.281 e. The number of thiophene rings is 1. The van der Waals surface area contributed by atoms with E-state index in [1.54, 1.807) is 29.6 Å². The Labute approximate surface area is 158 Å². The summed E-state index contributed by atoms with van der Waals surface area (Å²) < 4.78 is 0. The third-order valence-corrected chi connectivity index (χ3v) is 4.78. The van der Waals surface area contributed by atoms with Crippen molar-refractivity contribution < 1.29 is 14.4 Å². The van der Waals surface area contributed by atoms with Crippen LogP contribution in [0.3, 0.4) is 0 Å². The van der Waals surface area contributed by atoms with Crippen LogP contribution < -0.4 is 15.6 Å². The van der Waals surface area contributed by atoms with E-state index in [1.807, 2.05) is 19.1 Å². The Balaban J connectivity index is 1.76. The highest BCUT2D eigenvalue weighted by Gasteiger charge is 2.38. The number of amides is 3. The van der Waals surface area contributed by atoms with Crippen molar-refractivity contribution in [3.05, 3.63) is 52.2 Å². The molecule has 1 atom stereocenters. The number of rotatable bonds is 4. The first-order valence-corrected chi connectivity index (χ1v) is 8.88. The first-order chi connectivity index (χ1) is 12.5. The van der Waals surface area contributed by atoms with Crippen molar-refractivity contribution in [3.63, 3.8) is 0 Å². The highest BCUT2D eigenvalue weighted by molar-refractivity contribution is 7.80. The molecular weight excluding hydrogens is 372 g/mol. The lowest BCUT2D eigenvalue weighted by molar-refractivity contribution is -0.130. The van der Waals surface area contributed by atoms with Crippen LogP contribution in [0, 0.1) is 12.8 Å². The number of benzene rings is 1. The van der Waals surface area contributed by atoms with Gasteiger partial charge in [-0.1, -0.05) is 23.8 Å². The zero-order chi connectivity index (χ0) is 18.7. The van der Waals surface area contributed by atoms with Gasteiger partial charge in [0.1, 0.15) is 0 Å². The Kier molecular flexibility index (Phi) is 5.19. The Morgan fingerprint density at radius 2 is 2.04 bits per heavy atom. The van der Waals surface area contributed by atoms with E-state index in [-0.39, 0.29) is 5.11 Å². The van der Waals surface area contributed by atoms with Crippen molar-refractivity contribution in [2.45, 2.75) is 6.92 Å². The number of aryl methyl sites for hydroxylation is 1. The van der Waals surface area contributed by atoms with Crippen LogP contribution in [0.5, 0.6) is 0 Å². The molecule has 2 heterocycles. The zero-order valence-corrected chi connectivity index (χ0v) is 15.3. The van der Waals surface area contributed by atoms with E-state index < -0.39 is 23.6 Å². The Morgan fingerprint density at radius 3 is 2.69 bits per heavy atom. The Bertz CT molecular complexity index is 891. The van der Waals surface area contributed by atoms with Crippen molar-refractivity contribution >= 4 is 58.3 Å². The minimum Gasteiger partial charge on any atom is -0.301 e. The van der Waals surface area contributed by atoms with E-state index in [9.17, 15) is 14.4 Å². The summed E-state index contributed by atoms with van der Waals surface area (Å²) in [5.74, 6) is -2.72. The highest BCUT2D eigenvalue weighted by atomic mass is 32.1. The van der Waals surface area contributed by atoms with Gasteiger partial charge < -0.3 is 5.32 Å². The molecule has 0 radical (unpaired) electrons. The topological polar surface area (TPSA) is 90.9 Å². The molecule has 2 N–H and O–H groups in total. The number of nitrogens with one attached hydrogen (secondary N) is 2. The number of carbonyl (C=O) groups is 3. The summed E-state index contributed by atoms with van der Waals surface area (Å²) in [5.41, 5.74) is 3.88. The summed E-state index contributed by atoms with van der Waals surface area (Å²) in [7, 11) is 0. The van der Waals surface area contributed by atoms with Crippen LogP contribution in [-0.4, -0.2) is 29.0 Å². The second-order valence-electron chi connectivity index (χ2n) is 5.48. The van der Waals surface area contributed by atoms with Gasteiger partial charge in [-0.25, -0.2) is 5.43 Å². The fourth-order valence-corrected chi connectivity index (χ4v) is 3.20. The van der Waals surface area contributed by atoms with Gasteiger partial charge in [0.2, 0.25) is 5.91 Å². The lowest BCUT2D eigenvalue weighted by atomic mass is 10.1. The maximum absolute atomic E-state index is 12.7. The minimum absolute atomic E-state index is 0.0103. The van der Waals surface area contributed by atoms with E-state index in [1.165, 1.54) is 16.2 Å². The van der Waals surface area contributed by atoms with E-state index in [4.69, 9.17) is 12.2 Å². The zero-order valence-electron chi connectivity index (χ0n) is 13.6. The maximum atomic E-state index is 12.7. The van der Waals surface area contributed by atoms with Crippen LogP contribution in [0.2, 0.25) is 0 Å². The van der Waals surface area contributed by atoms with Crippen molar-refractivity contribution in [3.8, 4) is 0 Å². The van der Waals surface area contributed by atoms with Crippen LogP contribution in [0.1, 0.15) is 15.2 Å². The smallest absolute Gasteiger partial charge is 0.281 e. The van der Waals surface area contributed by atoms with Crippen molar-refractivity contribution in [1.82, 2.24) is 10.7 Å². The van der Waals surface area contributed by atoms with E-state index in [0.717, 1.165) is 11.8 Å². The molecule has 3 rings (SSSR count). The van der Waals surface area contributed by atoms with E-state index in [2.05, 4.69) is 15.8 Å². The highest BCUT2D eigenvalue weighted by Crippen LogP contribution is 2.20. The summed E-state index contributed by atoms with van der Waals surface area (Å²) >= 11 is 6.38. The van der Waals surface area contributed by atoms with E-state index in [0.29, 0.717) is 10.6 Å². The number of hydrogen-bond acceptors (Lipinski definition) is 6. The molecule has 0 unspecified atom stereocenters. The van der Waals surface area contributed by atoms with Crippen LogP contribution in [0.15, 0.2) is 46.9 Å². The average molecular weight is 386 g/mol. The molecule has 0 bridgehead atoms. The first kappa shape index (κ1) is 17.9. The van der Waals surface area contributed by atoms with Crippen LogP contribution >= 0.6 is 23.6 Å². The predicted molar refractivity (Wildman–Crippen MR) is 103 cm³/mol. The number of nitrogens with zero attached hydrogens (tertiary/aromatic N) is 2. The lowest BCUT2D eigenvalue weighted by Crippen LogP contribution is -2.58. The molecule has 1 saturated heterocycles. The second kappa shape index (κ2) is 7.54.